The molecule has 0 aromatic heterocycles. The average molecular weight is 248 g/mol. The molecule has 16 heavy (non-hydrogen) atoms. The van der Waals surface area contributed by atoms with Crippen molar-refractivity contribution in [2.24, 2.45) is 5.92 Å². The van der Waals surface area contributed by atoms with E-state index < -0.39 is 10.0 Å². The van der Waals surface area contributed by atoms with E-state index >= 15 is 0 Å². The van der Waals surface area contributed by atoms with Crippen molar-refractivity contribution < 1.29 is 13.2 Å². The number of rotatable bonds is 5. The molecular formula is C10H20N2O3S. The number of hydrogen-bond acceptors (Lipinski definition) is 4. The van der Waals surface area contributed by atoms with Gasteiger partial charge in [0.05, 0.1) is 12.4 Å². The predicted molar refractivity (Wildman–Crippen MR) is 61.7 cm³/mol. The van der Waals surface area contributed by atoms with E-state index in [0.717, 1.165) is 32.4 Å². The molecule has 0 aliphatic carbocycles. The molecule has 0 bridgehead atoms. The molecule has 2 atom stereocenters. The molecule has 2 unspecified atom stereocenters. The molecule has 2 saturated heterocycles. The summed E-state index contributed by atoms with van der Waals surface area (Å²) in [5.74, 6) is 0.770. The minimum atomic E-state index is -3.11. The molecule has 0 spiro atoms. The van der Waals surface area contributed by atoms with Crippen molar-refractivity contribution in [3.8, 4) is 0 Å². The fourth-order valence-corrected chi connectivity index (χ4v) is 3.68. The normalized spacial score (nSPS) is 31.0. The van der Waals surface area contributed by atoms with Crippen LogP contribution in [0.5, 0.6) is 0 Å². The van der Waals surface area contributed by atoms with Crippen molar-refractivity contribution in [3.63, 3.8) is 0 Å². The highest BCUT2D eigenvalue weighted by atomic mass is 32.2. The average Bonchev–Trinajstić information content (AvgIpc) is 2.85. The van der Waals surface area contributed by atoms with Crippen molar-refractivity contribution in [2.45, 2.75) is 25.3 Å². The second-order valence-corrected chi connectivity index (χ2v) is 6.52. The molecule has 0 aromatic rings. The van der Waals surface area contributed by atoms with Gasteiger partial charge in [0, 0.05) is 12.6 Å². The van der Waals surface area contributed by atoms with Crippen LogP contribution in [0.4, 0.5) is 0 Å². The van der Waals surface area contributed by atoms with Crippen LogP contribution in [0.15, 0.2) is 0 Å². The van der Waals surface area contributed by atoms with E-state index in [9.17, 15) is 8.42 Å². The third kappa shape index (κ3) is 3.69. The predicted octanol–water partition coefficient (Wildman–Crippen LogP) is -0.306. The molecule has 0 aromatic carbocycles. The first-order chi connectivity index (χ1) is 7.66. The van der Waals surface area contributed by atoms with Gasteiger partial charge < -0.3 is 10.1 Å². The third-order valence-electron chi connectivity index (χ3n) is 3.23. The molecule has 0 saturated carbocycles. The Morgan fingerprint density at radius 3 is 2.88 bits per heavy atom. The molecule has 2 aliphatic rings. The van der Waals surface area contributed by atoms with Gasteiger partial charge >= 0.3 is 0 Å². The van der Waals surface area contributed by atoms with Crippen molar-refractivity contribution in [1.29, 1.82) is 0 Å². The highest BCUT2D eigenvalue weighted by Crippen LogP contribution is 2.13. The second-order valence-electron chi connectivity index (χ2n) is 4.64. The molecule has 2 rings (SSSR count). The van der Waals surface area contributed by atoms with Gasteiger partial charge in [0.25, 0.3) is 0 Å². The molecule has 6 heteroatoms. The molecule has 2 aliphatic heterocycles. The Morgan fingerprint density at radius 2 is 2.25 bits per heavy atom. The van der Waals surface area contributed by atoms with E-state index in [1.807, 2.05) is 0 Å². The van der Waals surface area contributed by atoms with Gasteiger partial charge in [0.15, 0.2) is 0 Å². The maximum Gasteiger partial charge on any atom is 0.211 e. The van der Waals surface area contributed by atoms with Crippen molar-refractivity contribution in [3.05, 3.63) is 0 Å². The van der Waals surface area contributed by atoms with Crippen molar-refractivity contribution in [1.82, 2.24) is 10.0 Å². The van der Waals surface area contributed by atoms with E-state index in [-0.39, 0.29) is 11.8 Å². The van der Waals surface area contributed by atoms with Crippen LogP contribution in [0.25, 0.3) is 0 Å². The molecular weight excluding hydrogens is 228 g/mol. The van der Waals surface area contributed by atoms with Gasteiger partial charge in [0.2, 0.25) is 10.0 Å². The Hall–Kier alpha value is -0.170. The number of sulfonamides is 1. The summed E-state index contributed by atoms with van der Waals surface area (Å²) in [5.41, 5.74) is 0. The Bertz CT molecular complexity index is 306. The minimum Gasteiger partial charge on any atom is -0.380 e. The van der Waals surface area contributed by atoms with Crippen LogP contribution in [0, 0.1) is 5.92 Å². The van der Waals surface area contributed by atoms with E-state index in [2.05, 4.69) is 10.0 Å². The van der Waals surface area contributed by atoms with Crippen LogP contribution in [-0.2, 0) is 14.8 Å². The molecule has 2 heterocycles. The van der Waals surface area contributed by atoms with Crippen LogP contribution >= 0.6 is 0 Å². The van der Waals surface area contributed by atoms with Crippen LogP contribution in [0.2, 0.25) is 0 Å². The highest BCUT2D eigenvalue weighted by Gasteiger charge is 2.23. The maximum atomic E-state index is 11.8. The topological polar surface area (TPSA) is 67.4 Å². The smallest absolute Gasteiger partial charge is 0.211 e. The fraction of sp³-hybridized carbons (Fsp3) is 1.00. The van der Waals surface area contributed by atoms with Gasteiger partial charge in [0.1, 0.15) is 0 Å². The van der Waals surface area contributed by atoms with E-state index in [0.29, 0.717) is 19.1 Å². The lowest BCUT2D eigenvalue weighted by Crippen LogP contribution is -2.37. The number of ether oxygens (including phenoxy) is 1. The van der Waals surface area contributed by atoms with Gasteiger partial charge in [-0.2, -0.15) is 0 Å². The third-order valence-corrected chi connectivity index (χ3v) is 4.70. The van der Waals surface area contributed by atoms with E-state index in [1.54, 1.807) is 0 Å². The molecule has 2 fully saturated rings. The Morgan fingerprint density at radius 1 is 1.38 bits per heavy atom. The van der Waals surface area contributed by atoms with E-state index in [1.165, 1.54) is 0 Å². The Labute approximate surface area is 97.0 Å². The quantitative estimate of drug-likeness (QED) is 0.700. The molecule has 5 nitrogen and oxygen atoms in total. The van der Waals surface area contributed by atoms with Gasteiger partial charge in [-0.25, -0.2) is 13.1 Å². The summed E-state index contributed by atoms with van der Waals surface area (Å²) < 4.78 is 31.4. The zero-order valence-corrected chi connectivity index (χ0v) is 10.3. The lowest BCUT2D eigenvalue weighted by atomic mass is 10.1. The summed E-state index contributed by atoms with van der Waals surface area (Å²) >= 11 is 0. The van der Waals surface area contributed by atoms with Gasteiger partial charge in [-0.15, -0.1) is 0 Å². The summed E-state index contributed by atoms with van der Waals surface area (Å²) in [6.07, 6.45) is 2.65. The Kier molecular flexibility index (Phi) is 4.18. The molecule has 94 valence electrons. The second kappa shape index (κ2) is 5.44. The largest absolute Gasteiger partial charge is 0.380 e. The summed E-state index contributed by atoms with van der Waals surface area (Å²) in [4.78, 5) is 0. The standard InChI is InChI=1S/C10H20N2O3S/c13-16(14,12-10-2-5-15-8-10)6-3-9-1-4-11-7-9/h9-12H,1-8H2. The first-order valence-corrected chi connectivity index (χ1v) is 7.59. The van der Waals surface area contributed by atoms with Gasteiger partial charge in [-0.3, -0.25) is 0 Å². The Balaban J connectivity index is 1.73. The van der Waals surface area contributed by atoms with Crippen molar-refractivity contribution >= 4 is 10.0 Å². The van der Waals surface area contributed by atoms with Gasteiger partial charge in [-0.05, 0) is 38.3 Å². The first-order valence-electron chi connectivity index (χ1n) is 5.94. The zero-order chi connectivity index (χ0) is 11.4. The minimum absolute atomic E-state index is 0.00768. The fourth-order valence-electron chi connectivity index (χ4n) is 2.22. The number of hydrogen-bond donors (Lipinski definition) is 2. The maximum absolute atomic E-state index is 11.8. The lowest BCUT2D eigenvalue weighted by Gasteiger charge is -2.13. The zero-order valence-electron chi connectivity index (χ0n) is 9.44. The lowest BCUT2D eigenvalue weighted by molar-refractivity contribution is 0.192. The SMILES string of the molecule is O=S(=O)(CCC1CCNC1)NC1CCOC1. The summed E-state index contributed by atoms with van der Waals surface area (Å²) in [6, 6.07) is -0.00768. The summed E-state index contributed by atoms with van der Waals surface area (Å²) in [5, 5.41) is 3.25. The monoisotopic (exact) mass is 248 g/mol. The number of nitrogens with one attached hydrogen (secondary N) is 2. The van der Waals surface area contributed by atoms with Crippen LogP contribution in [0.1, 0.15) is 19.3 Å². The van der Waals surface area contributed by atoms with Gasteiger partial charge in [-0.1, -0.05) is 0 Å². The summed E-state index contributed by atoms with van der Waals surface area (Å²) in [6.45, 7) is 3.17. The van der Waals surface area contributed by atoms with Crippen LogP contribution < -0.4 is 10.0 Å². The summed E-state index contributed by atoms with van der Waals surface area (Å²) in [7, 11) is -3.11. The highest BCUT2D eigenvalue weighted by molar-refractivity contribution is 7.89. The molecule has 0 amide bonds. The molecule has 0 radical (unpaired) electrons. The van der Waals surface area contributed by atoms with Crippen molar-refractivity contribution in [2.75, 3.05) is 32.1 Å². The first kappa shape index (κ1) is 12.3. The van der Waals surface area contributed by atoms with Crippen LogP contribution in [0.3, 0.4) is 0 Å². The van der Waals surface area contributed by atoms with Crippen LogP contribution in [-0.4, -0.2) is 46.5 Å². The molecule has 2 N–H and O–H groups in total. The van der Waals surface area contributed by atoms with E-state index in [4.69, 9.17) is 4.74 Å².